The van der Waals surface area contributed by atoms with Crippen LogP contribution in [0.25, 0.3) is 0 Å². The van der Waals surface area contributed by atoms with Gasteiger partial charge in [-0.15, -0.1) is 16.9 Å². The van der Waals surface area contributed by atoms with Gasteiger partial charge in [-0.2, -0.15) is 0 Å². The Morgan fingerprint density at radius 2 is 1.96 bits per heavy atom. The average Bonchev–Trinajstić information content (AvgIpc) is 2.89. The first-order chi connectivity index (χ1) is 10.8. The molecule has 2 rings (SSSR count). The molecule has 0 fully saturated rings. The topological polar surface area (TPSA) is 79.2 Å². The number of benzene rings is 1. The average molecular weight is 335 g/mol. The van der Waals surface area contributed by atoms with Gasteiger partial charge >= 0.3 is 5.76 Å². The van der Waals surface area contributed by atoms with Gasteiger partial charge in [0.1, 0.15) is 0 Å². The van der Waals surface area contributed by atoms with E-state index in [9.17, 15) is 9.59 Å². The molecule has 0 bridgehead atoms. The maximum absolute atomic E-state index is 12.1. The van der Waals surface area contributed by atoms with Gasteiger partial charge in [-0.3, -0.25) is 4.79 Å². The SMILES string of the molecule is CN(Cc1n[nH]c(=O)o1)C(=O)CSc1ccc(C(C)(C)C)cc1. The predicted molar refractivity (Wildman–Crippen MR) is 89.5 cm³/mol. The highest BCUT2D eigenvalue weighted by Crippen LogP contribution is 2.25. The van der Waals surface area contributed by atoms with E-state index in [1.807, 2.05) is 12.1 Å². The van der Waals surface area contributed by atoms with Gasteiger partial charge in [0.15, 0.2) is 0 Å². The number of amides is 1. The lowest BCUT2D eigenvalue weighted by atomic mass is 9.87. The smallest absolute Gasteiger partial charge is 0.391 e. The lowest BCUT2D eigenvalue weighted by Crippen LogP contribution is -2.28. The zero-order valence-electron chi connectivity index (χ0n) is 13.8. The molecule has 1 N–H and O–H groups in total. The molecule has 0 saturated heterocycles. The van der Waals surface area contributed by atoms with E-state index in [1.54, 1.807) is 7.05 Å². The van der Waals surface area contributed by atoms with Crippen LogP contribution in [-0.2, 0) is 16.8 Å². The predicted octanol–water partition coefficient (Wildman–Crippen LogP) is 2.41. The summed E-state index contributed by atoms with van der Waals surface area (Å²) in [7, 11) is 1.65. The van der Waals surface area contributed by atoms with E-state index >= 15 is 0 Å². The van der Waals surface area contributed by atoms with Gasteiger partial charge in [0, 0.05) is 11.9 Å². The van der Waals surface area contributed by atoms with Crippen molar-refractivity contribution in [1.29, 1.82) is 0 Å². The maximum Gasteiger partial charge on any atom is 0.434 e. The molecule has 0 aliphatic rings. The number of aromatic amines is 1. The maximum atomic E-state index is 12.1. The van der Waals surface area contributed by atoms with Crippen LogP contribution in [0.4, 0.5) is 0 Å². The monoisotopic (exact) mass is 335 g/mol. The fraction of sp³-hybridized carbons (Fsp3) is 0.438. The Labute approximate surface area is 139 Å². The fourth-order valence-corrected chi connectivity index (χ4v) is 2.76. The fourth-order valence-electron chi connectivity index (χ4n) is 1.93. The van der Waals surface area contributed by atoms with Crippen molar-refractivity contribution in [3.63, 3.8) is 0 Å². The van der Waals surface area contributed by atoms with Crippen molar-refractivity contribution in [2.24, 2.45) is 0 Å². The Morgan fingerprint density at radius 3 is 2.48 bits per heavy atom. The third-order valence-electron chi connectivity index (χ3n) is 3.36. The van der Waals surface area contributed by atoms with Crippen LogP contribution >= 0.6 is 11.8 Å². The van der Waals surface area contributed by atoms with Gasteiger partial charge in [0.2, 0.25) is 11.8 Å². The van der Waals surface area contributed by atoms with E-state index in [0.717, 1.165) is 4.90 Å². The standard InChI is InChI=1S/C16H21N3O3S/c1-16(2,3)11-5-7-12(8-6-11)23-10-14(20)19(4)9-13-17-18-15(21)22-13/h5-8H,9-10H2,1-4H3,(H,18,21). The van der Waals surface area contributed by atoms with Crippen molar-refractivity contribution in [3.05, 3.63) is 46.3 Å². The molecule has 1 heterocycles. The number of aromatic nitrogens is 2. The van der Waals surface area contributed by atoms with E-state index in [4.69, 9.17) is 4.42 Å². The van der Waals surface area contributed by atoms with E-state index in [0.29, 0.717) is 5.75 Å². The number of carbonyl (C=O) groups excluding carboxylic acids is 1. The molecule has 0 spiro atoms. The number of H-pyrrole nitrogens is 1. The minimum absolute atomic E-state index is 0.0550. The number of thioether (sulfide) groups is 1. The van der Waals surface area contributed by atoms with Crippen molar-refractivity contribution in [2.45, 2.75) is 37.6 Å². The summed E-state index contributed by atoms with van der Waals surface area (Å²) in [5, 5.41) is 5.86. The van der Waals surface area contributed by atoms with E-state index < -0.39 is 5.76 Å². The Balaban J connectivity index is 1.87. The number of nitrogens with zero attached hydrogens (tertiary/aromatic N) is 2. The molecule has 1 amide bonds. The molecule has 7 heteroatoms. The summed E-state index contributed by atoms with van der Waals surface area (Å²) in [4.78, 5) is 25.5. The highest BCUT2D eigenvalue weighted by Gasteiger charge is 2.15. The molecule has 1 aromatic carbocycles. The third kappa shape index (κ3) is 4.99. The molecule has 6 nitrogen and oxygen atoms in total. The Bertz CT molecular complexity index is 713. The van der Waals surface area contributed by atoms with Crippen LogP contribution in [-0.4, -0.2) is 33.8 Å². The van der Waals surface area contributed by atoms with E-state index in [2.05, 4.69) is 43.1 Å². The zero-order valence-corrected chi connectivity index (χ0v) is 14.6. The Hall–Kier alpha value is -2.02. The van der Waals surface area contributed by atoms with Crippen LogP contribution in [0.2, 0.25) is 0 Å². The van der Waals surface area contributed by atoms with E-state index in [-0.39, 0.29) is 23.8 Å². The Morgan fingerprint density at radius 1 is 1.30 bits per heavy atom. The van der Waals surface area contributed by atoms with Crippen molar-refractivity contribution in [3.8, 4) is 0 Å². The number of hydrogen-bond donors (Lipinski definition) is 1. The van der Waals surface area contributed by atoms with Gasteiger partial charge in [-0.1, -0.05) is 32.9 Å². The molecule has 1 aromatic heterocycles. The van der Waals surface area contributed by atoms with Crippen molar-refractivity contribution < 1.29 is 9.21 Å². The van der Waals surface area contributed by atoms with Crippen molar-refractivity contribution in [1.82, 2.24) is 15.1 Å². The van der Waals surface area contributed by atoms with Crippen LogP contribution in [0.15, 0.2) is 38.4 Å². The number of rotatable bonds is 5. The van der Waals surface area contributed by atoms with Crippen LogP contribution < -0.4 is 5.76 Å². The van der Waals surface area contributed by atoms with Crippen molar-refractivity contribution >= 4 is 17.7 Å². The van der Waals surface area contributed by atoms with Crippen LogP contribution in [0, 0.1) is 0 Å². The summed E-state index contributed by atoms with van der Waals surface area (Å²) in [6.45, 7) is 6.67. The number of nitrogens with one attached hydrogen (secondary N) is 1. The van der Waals surface area contributed by atoms with E-state index in [1.165, 1.54) is 22.2 Å². The molecule has 0 aliphatic carbocycles. The quantitative estimate of drug-likeness (QED) is 0.849. The molecule has 2 aromatic rings. The zero-order chi connectivity index (χ0) is 17.0. The Kier molecular flexibility index (Phi) is 5.30. The van der Waals surface area contributed by atoms with Gasteiger partial charge < -0.3 is 9.32 Å². The minimum atomic E-state index is -0.617. The summed E-state index contributed by atoms with van der Waals surface area (Å²) >= 11 is 1.48. The second-order valence-electron chi connectivity index (χ2n) is 6.32. The minimum Gasteiger partial charge on any atom is -0.391 e. The number of carbonyl (C=O) groups is 1. The normalized spacial score (nSPS) is 11.5. The largest absolute Gasteiger partial charge is 0.434 e. The highest BCUT2D eigenvalue weighted by molar-refractivity contribution is 8.00. The van der Waals surface area contributed by atoms with Crippen LogP contribution in [0.3, 0.4) is 0 Å². The van der Waals surface area contributed by atoms with Crippen LogP contribution in [0.1, 0.15) is 32.2 Å². The lowest BCUT2D eigenvalue weighted by Gasteiger charge is -2.19. The summed E-state index contributed by atoms with van der Waals surface area (Å²) < 4.78 is 4.79. The molecular weight excluding hydrogens is 314 g/mol. The molecular formula is C16H21N3O3S. The molecule has 0 radical (unpaired) electrons. The molecule has 23 heavy (non-hydrogen) atoms. The van der Waals surface area contributed by atoms with Gasteiger partial charge in [0.05, 0.1) is 12.3 Å². The molecule has 0 aliphatic heterocycles. The first kappa shape index (κ1) is 17.3. The second kappa shape index (κ2) is 7.04. The first-order valence-electron chi connectivity index (χ1n) is 7.27. The summed E-state index contributed by atoms with van der Waals surface area (Å²) in [6, 6.07) is 8.25. The van der Waals surface area contributed by atoms with Crippen molar-refractivity contribution in [2.75, 3.05) is 12.8 Å². The second-order valence-corrected chi connectivity index (χ2v) is 7.37. The summed E-state index contributed by atoms with van der Waals surface area (Å²) in [6.07, 6.45) is 0. The molecule has 0 saturated carbocycles. The van der Waals surface area contributed by atoms with Crippen LogP contribution in [0.5, 0.6) is 0 Å². The molecule has 124 valence electrons. The molecule has 0 atom stereocenters. The summed E-state index contributed by atoms with van der Waals surface area (Å²) in [5.74, 6) is -0.153. The third-order valence-corrected chi connectivity index (χ3v) is 4.36. The van der Waals surface area contributed by atoms with Gasteiger partial charge in [-0.25, -0.2) is 9.89 Å². The molecule has 0 unspecified atom stereocenters. The van der Waals surface area contributed by atoms with Gasteiger partial charge in [0.25, 0.3) is 0 Å². The lowest BCUT2D eigenvalue weighted by molar-refractivity contribution is -0.127. The summed E-state index contributed by atoms with van der Waals surface area (Å²) in [5.41, 5.74) is 1.38. The van der Waals surface area contributed by atoms with Gasteiger partial charge in [-0.05, 0) is 23.1 Å². The first-order valence-corrected chi connectivity index (χ1v) is 8.26. The highest BCUT2D eigenvalue weighted by atomic mass is 32.2. The number of hydrogen-bond acceptors (Lipinski definition) is 5.